The summed E-state index contributed by atoms with van der Waals surface area (Å²) in [4.78, 5) is 8.72. The van der Waals surface area contributed by atoms with Gasteiger partial charge in [0.05, 0.1) is 11.9 Å². The molecule has 0 aliphatic rings. The van der Waals surface area contributed by atoms with Gasteiger partial charge in [0.25, 0.3) is 0 Å². The molecule has 1 atom stereocenters. The first-order chi connectivity index (χ1) is 9.24. The first kappa shape index (κ1) is 13.7. The van der Waals surface area contributed by atoms with Gasteiger partial charge in [-0.3, -0.25) is 4.98 Å². The molecule has 2 aromatic heterocycles. The molecule has 2 rings (SSSR count). The maximum absolute atomic E-state index is 6.00. The molecule has 0 amide bonds. The van der Waals surface area contributed by atoms with Crippen LogP contribution in [0.1, 0.15) is 38.1 Å². The Labute approximate surface area is 114 Å². The second-order valence-electron chi connectivity index (χ2n) is 4.89. The zero-order valence-corrected chi connectivity index (χ0v) is 11.7. The van der Waals surface area contributed by atoms with Gasteiger partial charge in [-0.15, -0.1) is 0 Å². The van der Waals surface area contributed by atoms with Gasteiger partial charge in [-0.05, 0) is 30.9 Å². The normalized spacial score (nSPS) is 12.6. The third kappa shape index (κ3) is 3.41. The van der Waals surface area contributed by atoms with Crippen molar-refractivity contribution in [3.8, 4) is 5.69 Å². The van der Waals surface area contributed by atoms with E-state index in [1.807, 2.05) is 24.8 Å². The predicted octanol–water partition coefficient (Wildman–Crippen LogP) is 2.50. The number of nitrogens with zero attached hydrogens (tertiary/aromatic N) is 3. The molecule has 2 N–H and O–H groups in total. The monoisotopic (exact) mass is 258 g/mol. The van der Waals surface area contributed by atoms with Crippen LogP contribution in [0, 0.1) is 0 Å². The van der Waals surface area contributed by atoms with Crippen LogP contribution in [0.2, 0.25) is 0 Å². The van der Waals surface area contributed by atoms with Crippen molar-refractivity contribution in [3.63, 3.8) is 0 Å². The van der Waals surface area contributed by atoms with Crippen molar-refractivity contribution in [2.24, 2.45) is 5.73 Å². The van der Waals surface area contributed by atoms with Gasteiger partial charge in [0, 0.05) is 31.1 Å². The number of hydrogen-bond donors (Lipinski definition) is 1. The lowest BCUT2D eigenvalue weighted by atomic mass is 10.1. The molecule has 0 bridgehead atoms. The fraction of sp³-hybridized carbons (Fsp3) is 0.467. The van der Waals surface area contributed by atoms with Gasteiger partial charge in [-0.2, -0.15) is 0 Å². The minimum absolute atomic E-state index is 0.204. The van der Waals surface area contributed by atoms with Crippen LogP contribution in [0.3, 0.4) is 0 Å². The Bertz CT molecular complexity index is 518. The molecule has 0 saturated carbocycles. The Balaban J connectivity index is 2.24. The molecule has 0 fully saturated rings. The summed E-state index contributed by atoms with van der Waals surface area (Å²) < 4.78 is 2.11. The lowest BCUT2D eigenvalue weighted by molar-refractivity contribution is 0.644. The van der Waals surface area contributed by atoms with Crippen LogP contribution < -0.4 is 5.73 Å². The number of aromatic nitrogens is 3. The van der Waals surface area contributed by atoms with E-state index in [2.05, 4.69) is 34.4 Å². The molecule has 0 aliphatic heterocycles. The summed E-state index contributed by atoms with van der Waals surface area (Å²) in [5, 5.41) is 0. The zero-order chi connectivity index (χ0) is 13.7. The summed E-state index contributed by atoms with van der Waals surface area (Å²) >= 11 is 0. The third-order valence-corrected chi connectivity index (χ3v) is 3.27. The summed E-state index contributed by atoms with van der Waals surface area (Å²) in [6, 6.07) is 2.36. The van der Waals surface area contributed by atoms with Crippen molar-refractivity contribution in [3.05, 3.63) is 42.2 Å². The predicted molar refractivity (Wildman–Crippen MR) is 77.3 cm³/mol. The van der Waals surface area contributed by atoms with Crippen LogP contribution in [0.4, 0.5) is 0 Å². The molecular weight excluding hydrogens is 236 g/mol. The van der Waals surface area contributed by atoms with E-state index >= 15 is 0 Å². The highest BCUT2D eigenvalue weighted by Gasteiger charge is 2.07. The Kier molecular flexibility index (Phi) is 4.68. The van der Waals surface area contributed by atoms with Crippen LogP contribution in [-0.2, 0) is 12.8 Å². The standard InChI is InChI=1S/C15H22N4/c1-3-5-15-18-6-7-19(15)14-9-12(10-17-11-14)8-13(16)4-2/h6-7,9-11,13H,3-5,8,16H2,1-2H3. The van der Waals surface area contributed by atoms with Crippen LogP contribution >= 0.6 is 0 Å². The molecule has 4 nitrogen and oxygen atoms in total. The summed E-state index contributed by atoms with van der Waals surface area (Å²) in [6.45, 7) is 4.27. The van der Waals surface area contributed by atoms with Gasteiger partial charge < -0.3 is 10.3 Å². The minimum atomic E-state index is 0.204. The number of hydrogen-bond acceptors (Lipinski definition) is 3. The van der Waals surface area contributed by atoms with Crippen LogP contribution in [0.25, 0.3) is 5.69 Å². The molecule has 0 aromatic carbocycles. The lowest BCUT2D eigenvalue weighted by Gasteiger charge is -2.11. The average Bonchev–Trinajstić information content (AvgIpc) is 2.87. The number of imidazole rings is 1. The van der Waals surface area contributed by atoms with Gasteiger partial charge in [-0.1, -0.05) is 13.8 Å². The molecule has 1 unspecified atom stereocenters. The van der Waals surface area contributed by atoms with Crippen LogP contribution in [-0.4, -0.2) is 20.6 Å². The van der Waals surface area contributed by atoms with Crippen molar-refractivity contribution in [1.82, 2.24) is 14.5 Å². The lowest BCUT2D eigenvalue weighted by Crippen LogP contribution is -2.21. The second-order valence-corrected chi connectivity index (χ2v) is 4.89. The van der Waals surface area contributed by atoms with Crippen molar-refractivity contribution >= 4 is 0 Å². The molecular formula is C15H22N4. The summed E-state index contributed by atoms with van der Waals surface area (Å²) in [5.74, 6) is 1.08. The zero-order valence-electron chi connectivity index (χ0n) is 11.7. The highest BCUT2D eigenvalue weighted by Crippen LogP contribution is 2.14. The van der Waals surface area contributed by atoms with Crippen molar-refractivity contribution in [2.75, 3.05) is 0 Å². The summed E-state index contributed by atoms with van der Waals surface area (Å²) in [5.41, 5.74) is 8.26. The number of nitrogens with two attached hydrogens (primary N) is 1. The molecule has 2 heterocycles. The quantitative estimate of drug-likeness (QED) is 0.866. The number of rotatable bonds is 6. The van der Waals surface area contributed by atoms with E-state index < -0.39 is 0 Å². The largest absolute Gasteiger partial charge is 0.327 e. The van der Waals surface area contributed by atoms with E-state index in [9.17, 15) is 0 Å². The van der Waals surface area contributed by atoms with Crippen molar-refractivity contribution in [2.45, 2.75) is 45.6 Å². The fourth-order valence-electron chi connectivity index (χ4n) is 2.14. The summed E-state index contributed by atoms with van der Waals surface area (Å²) in [7, 11) is 0. The van der Waals surface area contributed by atoms with Crippen LogP contribution in [0.15, 0.2) is 30.9 Å². The molecule has 0 radical (unpaired) electrons. The van der Waals surface area contributed by atoms with Crippen molar-refractivity contribution < 1.29 is 0 Å². The molecule has 0 spiro atoms. The molecule has 102 valence electrons. The van der Waals surface area contributed by atoms with Gasteiger partial charge in [0.1, 0.15) is 5.82 Å². The first-order valence-corrected chi connectivity index (χ1v) is 6.96. The molecule has 0 saturated heterocycles. The van der Waals surface area contributed by atoms with Gasteiger partial charge in [-0.25, -0.2) is 4.98 Å². The Hall–Kier alpha value is -1.68. The minimum Gasteiger partial charge on any atom is -0.327 e. The van der Waals surface area contributed by atoms with E-state index in [4.69, 9.17) is 5.73 Å². The van der Waals surface area contributed by atoms with E-state index in [1.165, 1.54) is 5.56 Å². The van der Waals surface area contributed by atoms with E-state index in [0.717, 1.165) is 37.2 Å². The summed E-state index contributed by atoms with van der Waals surface area (Å²) in [6.07, 6.45) is 11.5. The SMILES string of the molecule is CCCc1nccn1-c1cncc(CC(N)CC)c1. The molecule has 2 aromatic rings. The number of pyridine rings is 1. The van der Waals surface area contributed by atoms with Crippen molar-refractivity contribution in [1.29, 1.82) is 0 Å². The molecule has 0 aliphatic carbocycles. The Morgan fingerprint density at radius 3 is 2.89 bits per heavy atom. The Morgan fingerprint density at radius 1 is 1.32 bits per heavy atom. The highest BCUT2D eigenvalue weighted by molar-refractivity contribution is 5.34. The Morgan fingerprint density at radius 2 is 2.16 bits per heavy atom. The smallest absolute Gasteiger partial charge is 0.113 e. The molecule has 19 heavy (non-hydrogen) atoms. The average molecular weight is 258 g/mol. The van der Waals surface area contributed by atoms with Crippen LogP contribution in [0.5, 0.6) is 0 Å². The second kappa shape index (κ2) is 6.48. The number of aryl methyl sites for hydroxylation is 1. The van der Waals surface area contributed by atoms with E-state index in [1.54, 1.807) is 0 Å². The topological polar surface area (TPSA) is 56.7 Å². The van der Waals surface area contributed by atoms with E-state index in [0.29, 0.717) is 0 Å². The molecule has 4 heteroatoms. The third-order valence-electron chi connectivity index (χ3n) is 3.27. The first-order valence-electron chi connectivity index (χ1n) is 6.96. The maximum atomic E-state index is 6.00. The van der Waals surface area contributed by atoms with Gasteiger partial charge >= 0.3 is 0 Å². The van der Waals surface area contributed by atoms with E-state index in [-0.39, 0.29) is 6.04 Å². The van der Waals surface area contributed by atoms with Gasteiger partial charge in [0.2, 0.25) is 0 Å². The maximum Gasteiger partial charge on any atom is 0.113 e. The van der Waals surface area contributed by atoms with Gasteiger partial charge in [0.15, 0.2) is 0 Å². The fourth-order valence-corrected chi connectivity index (χ4v) is 2.14. The highest BCUT2D eigenvalue weighted by atomic mass is 15.1.